The molecule has 1 unspecified atom stereocenters. The van der Waals surface area contributed by atoms with Crippen molar-refractivity contribution in [3.8, 4) is 0 Å². The Morgan fingerprint density at radius 1 is 1.23 bits per heavy atom. The minimum Gasteiger partial charge on any atom is -0.381 e. The van der Waals surface area contributed by atoms with E-state index in [2.05, 4.69) is 37.3 Å². The molecule has 0 saturated carbocycles. The van der Waals surface area contributed by atoms with E-state index in [1.807, 2.05) is 0 Å². The van der Waals surface area contributed by atoms with Crippen LogP contribution < -0.4 is 0 Å². The molecule has 1 aromatic rings. The van der Waals surface area contributed by atoms with Gasteiger partial charge in [-0.2, -0.15) is 0 Å². The number of rotatable bonds is 1. The Labute approximate surface area is 79.7 Å². The van der Waals surface area contributed by atoms with Gasteiger partial charge in [-0.05, 0) is 18.4 Å². The molecule has 70 valence electrons. The fraction of sp³-hybridized carbons (Fsp3) is 0.500. The van der Waals surface area contributed by atoms with Gasteiger partial charge < -0.3 is 4.74 Å². The van der Waals surface area contributed by atoms with E-state index in [0.717, 1.165) is 13.2 Å². The van der Waals surface area contributed by atoms with Crippen LogP contribution in [-0.2, 0) is 10.2 Å². The van der Waals surface area contributed by atoms with Gasteiger partial charge in [-0.25, -0.2) is 0 Å². The third-order valence-corrected chi connectivity index (χ3v) is 2.91. The zero-order valence-corrected chi connectivity index (χ0v) is 8.12. The fourth-order valence-corrected chi connectivity index (χ4v) is 2.00. The fourth-order valence-electron chi connectivity index (χ4n) is 2.00. The Morgan fingerprint density at radius 3 is 2.62 bits per heavy atom. The van der Waals surface area contributed by atoms with Crippen LogP contribution in [0.15, 0.2) is 30.3 Å². The van der Waals surface area contributed by atoms with Gasteiger partial charge in [-0.15, -0.1) is 0 Å². The Kier molecular flexibility index (Phi) is 2.36. The van der Waals surface area contributed by atoms with Crippen LogP contribution >= 0.6 is 0 Å². The average molecular weight is 176 g/mol. The molecule has 0 N–H and O–H groups in total. The maximum atomic E-state index is 5.54. The quantitative estimate of drug-likeness (QED) is 0.639. The lowest BCUT2D eigenvalue weighted by atomic mass is 9.78. The summed E-state index contributed by atoms with van der Waals surface area (Å²) < 4.78 is 5.54. The van der Waals surface area contributed by atoms with E-state index in [1.165, 1.54) is 18.4 Å². The van der Waals surface area contributed by atoms with Crippen molar-refractivity contribution in [1.29, 1.82) is 0 Å². The molecule has 1 heteroatoms. The van der Waals surface area contributed by atoms with Crippen LogP contribution in [0.4, 0.5) is 0 Å². The lowest BCUT2D eigenvalue weighted by Gasteiger charge is -2.33. The largest absolute Gasteiger partial charge is 0.381 e. The smallest absolute Gasteiger partial charge is 0.0560 e. The number of ether oxygens (including phenoxy) is 1. The second-order valence-corrected chi connectivity index (χ2v) is 4.08. The Bertz CT molecular complexity index is 260. The first-order chi connectivity index (χ1) is 6.31. The zero-order chi connectivity index (χ0) is 9.15. The molecule has 1 aliphatic heterocycles. The monoisotopic (exact) mass is 176 g/mol. The van der Waals surface area contributed by atoms with E-state index in [4.69, 9.17) is 4.74 Å². The van der Waals surface area contributed by atoms with Crippen molar-refractivity contribution in [3.05, 3.63) is 35.9 Å². The molecular formula is C12H16O. The predicted molar refractivity (Wildman–Crippen MR) is 53.8 cm³/mol. The molecule has 1 aliphatic rings. The minimum atomic E-state index is 0.250. The lowest BCUT2D eigenvalue weighted by Crippen LogP contribution is -2.32. The van der Waals surface area contributed by atoms with Crippen molar-refractivity contribution in [3.63, 3.8) is 0 Å². The third kappa shape index (κ3) is 1.75. The molecule has 0 amide bonds. The molecule has 1 heterocycles. The van der Waals surface area contributed by atoms with Gasteiger partial charge in [0.2, 0.25) is 0 Å². The van der Waals surface area contributed by atoms with Crippen LogP contribution in [0.25, 0.3) is 0 Å². The van der Waals surface area contributed by atoms with Crippen molar-refractivity contribution < 1.29 is 4.74 Å². The Hall–Kier alpha value is -0.820. The van der Waals surface area contributed by atoms with Crippen LogP contribution in [0.1, 0.15) is 25.3 Å². The van der Waals surface area contributed by atoms with Crippen molar-refractivity contribution in [2.24, 2.45) is 0 Å². The summed E-state index contributed by atoms with van der Waals surface area (Å²) in [7, 11) is 0. The number of benzene rings is 1. The predicted octanol–water partition coefficient (Wildman–Crippen LogP) is 2.75. The highest BCUT2D eigenvalue weighted by Crippen LogP contribution is 2.31. The first-order valence-corrected chi connectivity index (χ1v) is 4.95. The molecule has 1 aromatic carbocycles. The van der Waals surface area contributed by atoms with Gasteiger partial charge in [-0.3, -0.25) is 0 Å². The van der Waals surface area contributed by atoms with Crippen molar-refractivity contribution in [2.75, 3.05) is 13.2 Å². The van der Waals surface area contributed by atoms with Crippen molar-refractivity contribution in [2.45, 2.75) is 25.2 Å². The van der Waals surface area contributed by atoms with E-state index in [1.54, 1.807) is 0 Å². The maximum Gasteiger partial charge on any atom is 0.0560 e. The molecule has 0 aromatic heterocycles. The molecule has 2 rings (SSSR count). The van der Waals surface area contributed by atoms with E-state index in [9.17, 15) is 0 Å². The topological polar surface area (TPSA) is 9.23 Å². The summed E-state index contributed by atoms with van der Waals surface area (Å²) in [6, 6.07) is 10.7. The van der Waals surface area contributed by atoms with Gasteiger partial charge in [0.15, 0.2) is 0 Å². The minimum absolute atomic E-state index is 0.250. The Balaban J connectivity index is 2.23. The molecular weight excluding hydrogens is 160 g/mol. The molecule has 1 fully saturated rings. The molecule has 0 bridgehead atoms. The van der Waals surface area contributed by atoms with Crippen LogP contribution in [0.3, 0.4) is 0 Å². The number of hydrogen-bond acceptors (Lipinski definition) is 1. The van der Waals surface area contributed by atoms with Gasteiger partial charge in [0.05, 0.1) is 6.61 Å². The SMILES string of the molecule is CC1(c2ccccc2)CCCOC1. The van der Waals surface area contributed by atoms with Gasteiger partial charge in [-0.1, -0.05) is 37.3 Å². The second-order valence-electron chi connectivity index (χ2n) is 4.08. The average Bonchev–Trinajstić information content (AvgIpc) is 2.20. The molecule has 1 atom stereocenters. The maximum absolute atomic E-state index is 5.54. The second kappa shape index (κ2) is 3.51. The van der Waals surface area contributed by atoms with Gasteiger partial charge in [0.25, 0.3) is 0 Å². The van der Waals surface area contributed by atoms with Gasteiger partial charge in [0, 0.05) is 12.0 Å². The summed E-state index contributed by atoms with van der Waals surface area (Å²) in [5, 5.41) is 0. The van der Waals surface area contributed by atoms with E-state index >= 15 is 0 Å². The summed E-state index contributed by atoms with van der Waals surface area (Å²) in [5.41, 5.74) is 1.66. The van der Waals surface area contributed by atoms with Crippen LogP contribution in [0, 0.1) is 0 Å². The Morgan fingerprint density at radius 2 is 2.00 bits per heavy atom. The van der Waals surface area contributed by atoms with E-state index in [-0.39, 0.29) is 5.41 Å². The molecule has 1 nitrogen and oxygen atoms in total. The first-order valence-electron chi connectivity index (χ1n) is 4.95. The molecule has 0 radical (unpaired) electrons. The van der Waals surface area contributed by atoms with Gasteiger partial charge in [0.1, 0.15) is 0 Å². The molecule has 1 saturated heterocycles. The summed E-state index contributed by atoms with van der Waals surface area (Å²) in [4.78, 5) is 0. The van der Waals surface area contributed by atoms with E-state index < -0.39 is 0 Å². The lowest BCUT2D eigenvalue weighted by molar-refractivity contribution is 0.0419. The van der Waals surface area contributed by atoms with Crippen LogP contribution in [0.5, 0.6) is 0 Å². The summed E-state index contributed by atoms with van der Waals surface area (Å²) in [6.45, 7) is 4.10. The number of hydrogen-bond donors (Lipinski definition) is 0. The summed E-state index contributed by atoms with van der Waals surface area (Å²) in [5.74, 6) is 0. The highest BCUT2D eigenvalue weighted by Gasteiger charge is 2.28. The summed E-state index contributed by atoms with van der Waals surface area (Å²) >= 11 is 0. The highest BCUT2D eigenvalue weighted by molar-refractivity contribution is 5.24. The highest BCUT2D eigenvalue weighted by atomic mass is 16.5. The summed E-state index contributed by atoms with van der Waals surface area (Å²) in [6.07, 6.45) is 2.43. The third-order valence-electron chi connectivity index (χ3n) is 2.91. The molecule has 0 spiro atoms. The zero-order valence-electron chi connectivity index (χ0n) is 8.12. The van der Waals surface area contributed by atoms with Crippen molar-refractivity contribution >= 4 is 0 Å². The van der Waals surface area contributed by atoms with E-state index in [0.29, 0.717) is 0 Å². The van der Waals surface area contributed by atoms with Crippen LogP contribution in [0.2, 0.25) is 0 Å². The first kappa shape index (κ1) is 8.76. The molecule has 0 aliphatic carbocycles. The van der Waals surface area contributed by atoms with Crippen LogP contribution in [-0.4, -0.2) is 13.2 Å². The van der Waals surface area contributed by atoms with Gasteiger partial charge >= 0.3 is 0 Å². The normalized spacial score (nSPS) is 28.7. The molecule has 13 heavy (non-hydrogen) atoms. The van der Waals surface area contributed by atoms with Crippen molar-refractivity contribution in [1.82, 2.24) is 0 Å². The standard InChI is InChI=1S/C12H16O/c1-12(8-5-9-13-10-12)11-6-3-2-4-7-11/h2-4,6-7H,5,8-10H2,1H3.